The summed E-state index contributed by atoms with van der Waals surface area (Å²) < 4.78 is 25.6. The van der Waals surface area contributed by atoms with E-state index in [1.807, 2.05) is 144 Å². The van der Waals surface area contributed by atoms with Gasteiger partial charge < -0.3 is 14.2 Å². The number of pyridine rings is 1. The van der Waals surface area contributed by atoms with E-state index in [1.54, 1.807) is 43.3 Å². The Morgan fingerprint density at radius 3 is 1.33 bits per heavy atom. The third-order valence-corrected chi connectivity index (χ3v) is 13.6. The Bertz CT molecular complexity index is 4130. The van der Waals surface area contributed by atoms with Crippen molar-refractivity contribution < 1.29 is 14.2 Å². The second kappa shape index (κ2) is 28.4. The molecule has 12 aromatic rings. The summed E-state index contributed by atoms with van der Waals surface area (Å²) in [4.78, 5) is 7.38. The lowest BCUT2D eigenvalue weighted by Gasteiger charge is -2.20. The van der Waals surface area contributed by atoms with E-state index in [1.165, 1.54) is 16.5 Å². The minimum Gasteiger partial charge on any atom is -0.497 e. The van der Waals surface area contributed by atoms with Crippen LogP contribution in [0.15, 0.2) is 135 Å². The average molecular weight is 1240 g/mol. The molecule has 0 N–H and O–H groups in total. The smallest absolute Gasteiger partial charge is 0.171 e. The van der Waals surface area contributed by atoms with Crippen LogP contribution in [0.4, 0.5) is 0 Å². The van der Waals surface area contributed by atoms with Crippen LogP contribution in [0.3, 0.4) is 0 Å². The number of rotatable bonds is 3. The molecule has 0 atom stereocenters. The molecule has 0 spiro atoms. The van der Waals surface area contributed by atoms with Crippen molar-refractivity contribution in [3.05, 3.63) is 146 Å². The van der Waals surface area contributed by atoms with Crippen molar-refractivity contribution in [2.24, 2.45) is 0 Å². The molecule has 21 nitrogen and oxygen atoms in total. The molecule has 0 amide bonds. The van der Waals surface area contributed by atoms with E-state index in [4.69, 9.17) is 14.2 Å². The number of aryl methyl sites for hydroxylation is 2. The number of fused-ring (bicyclic) bond motifs is 5. The van der Waals surface area contributed by atoms with Gasteiger partial charge in [0.05, 0.1) is 108 Å². The zero-order valence-electron chi connectivity index (χ0n) is 59.0. The number of nitrogens with zero attached hydrogens (tertiary/aromatic N) is 18. The van der Waals surface area contributed by atoms with Crippen molar-refractivity contribution >= 4 is 54.6 Å². The Morgan fingerprint density at radius 2 is 0.846 bits per heavy atom. The molecule has 4 aromatic carbocycles. The number of ether oxygens (including phenoxy) is 3. The fraction of sp³-hybridized carbons (Fsp3) is 0.471. The highest BCUT2D eigenvalue weighted by molar-refractivity contribution is 5.82. The first-order chi connectivity index (χ1) is 42.2. The average Bonchev–Trinajstić information content (AvgIpc) is 1.74. The molecule has 0 aliphatic heterocycles. The van der Waals surface area contributed by atoms with Crippen LogP contribution in [0.1, 0.15) is 157 Å². The number of methoxy groups -OCH3 is 3. The molecule has 0 aliphatic carbocycles. The Morgan fingerprint density at radius 1 is 0.352 bits per heavy atom. The van der Waals surface area contributed by atoms with Gasteiger partial charge >= 0.3 is 0 Å². The lowest BCUT2D eigenvalue weighted by Crippen LogP contribution is -2.24. The first kappa shape index (κ1) is 71.1. The third-order valence-electron chi connectivity index (χ3n) is 13.6. The number of benzene rings is 4. The van der Waals surface area contributed by atoms with Crippen molar-refractivity contribution in [3.63, 3.8) is 0 Å². The van der Waals surface area contributed by atoms with Crippen LogP contribution < -0.4 is 14.2 Å². The molecule has 91 heavy (non-hydrogen) atoms. The van der Waals surface area contributed by atoms with Crippen LogP contribution in [-0.4, -0.2) is 110 Å². The molecule has 0 bridgehead atoms. The summed E-state index contributed by atoms with van der Waals surface area (Å²) in [6.07, 6.45) is 15.3. The van der Waals surface area contributed by atoms with Crippen LogP contribution >= 0.6 is 0 Å². The number of tetrazole rings is 1. The van der Waals surface area contributed by atoms with Crippen molar-refractivity contribution in [1.82, 2.24) is 89.1 Å². The van der Waals surface area contributed by atoms with E-state index >= 15 is 0 Å². The molecule has 0 unspecified atom stereocenters. The monoisotopic (exact) mass is 1240 g/mol. The second-order valence-corrected chi connectivity index (χ2v) is 29.2. The SMILES string of the molecule is CC(C)(C)n1cc2ccncc2n1.CC(C)(C)n1ncc2ccccc21.COc1ccc2c(cnn2C(C)(C)C)c1.COc1ccc2cnn(C(C)(C)C)c2c1.COc1ccc2nn(C(C)(C)C)nc2c1.Cc1cnn(C(C)(C)C)c1.Cc1nnn(C(C)(C)C)n1. The maximum Gasteiger partial charge on any atom is 0.171 e. The largest absolute Gasteiger partial charge is 0.497 e. The quantitative estimate of drug-likeness (QED) is 0.161. The van der Waals surface area contributed by atoms with Crippen molar-refractivity contribution in [1.29, 1.82) is 0 Å². The van der Waals surface area contributed by atoms with Gasteiger partial charge in [0.15, 0.2) is 5.82 Å². The summed E-state index contributed by atoms with van der Waals surface area (Å²) in [5.74, 6) is 3.27. The van der Waals surface area contributed by atoms with Gasteiger partial charge in [0.25, 0.3) is 0 Å². The zero-order chi connectivity index (χ0) is 67.7. The summed E-state index contributed by atoms with van der Waals surface area (Å²) in [5.41, 5.74) is 7.47. The molecule has 12 rings (SSSR count). The predicted molar refractivity (Wildman–Crippen MR) is 368 cm³/mol. The summed E-state index contributed by atoms with van der Waals surface area (Å²) >= 11 is 0. The number of hydrogen-bond acceptors (Lipinski definition) is 14. The van der Waals surface area contributed by atoms with E-state index in [0.717, 1.165) is 66.8 Å². The van der Waals surface area contributed by atoms with E-state index in [-0.39, 0.29) is 38.8 Å². The molecule has 488 valence electrons. The summed E-state index contributed by atoms with van der Waals surface area (Å²) in [6.45, 7) is 48.3. The highest BCUT2D eigenvalue weighted by Crippen LogP contribution is 2.28. The molecule has 0 aliphatic rings. The first-order valence-electron chi connectivity index (χ1n) is 30.7. The van der Waals surface area contributed by atoms with Crippen molar-refractivity contribution in [2.45, 2.75) is 198 Å². The number of para-hydroxylation sites is 1. The Balaban J connectivity index is 0.000000170. The minimum absolute atomic E-state index is 0.00584. The van der Waals surface area contributed by atoms with E-state index < -0.39 is 0 Å². The Labute approximate surface area is 538 Å². The van der Waals surface area contributed by atoms with E-state index in [2.05, 4.69) is 217 Å². The molecule has 0 saturated heterocycles. The molecule has 0 fully saturated rings. The first-order valence-corrected chi connectivity index (χ1v) is 30.7. The van der Waals surface area contributed by atoms with Crippen molar-refractivity contribution in [2.75, 3.05) is 21.3 Å². The van der Waals surface area contributed by atoms with E-state index in [0.29, 0.717) is 0 Å². The van der Waals surface area contributed by atoms with E-state index in [9.17, 15) is 0 Å². The molecular weight excluding hydrogens is 1140 g/mol. The van der Waals surface area contributed by atoms with Crippen molar-refractivity contribution in [3.8, 4) is 17.2 Å². The summed E-state index contributed by atoms with van der Waals surface area (Å²) in [7, 11) is 5.00. The topological polar surface area (TPSA) is 204 Å². The normalized spacial score (nSPS) is 12.1. The zero-order valence-corrected chi connectivity index (χ0v) is 59.0. The van der Waals surface area contributed by atoms with Gasteiger partial charge in [-0.15, -0.1) is 10.2 Å². The molecule has 8 heterocycles. The third kappa shape index (κ3) is 19.5. The maximum atomic E-state index is 5.22. The maximum absolute atomic E-state index is 5.22. The molecule has 0 radical (unpaired) electrons. The van der Waals surface area contributed by atoms with Crippen LogP contribution in [0.2, 0.25) is 0 Å². The second-order valence-electron chi connectivity index (χ2n) is 29.2. The van der Waals surface area contributed by atoms with Gasteiger partial charge in [0, 0.05) is 52.3 Å². The van der Waals surface area contributed by atoms with Gasteiger partial charge in [-0.25, -0.2) is 0 Å². The number of aromatic nitrogens is 18. The summed E-state index contributed by atoms with van der Waals surface area (Å²) in [5, 5.41) is 47.0. The fourth-order valence-corrected chi connectivity index (χ4v) is 8.72. The lowest BCUT2D eigenvalue weighted by molar-refractivity contribution is 0.305. The van der Waals surface area contributed by atoms with Crippen LogP contribution in [0.25, 0.3) is 54.6 Å². The molecule has 21 heteroatoms. The van der Waals surface area contributed by atoms with Gasteiger partial charge in [0.1, 0.15) is 33.8 Å². The van der Waals surface area contributed by atoms with Gasteiger partial charge in [-0.1, -0.05) is 18.2 Å². The minimum atomic E-state index is -0.0910. The van der Waals surface area contributed by atoms with Crippen LogP contribution in [0, 0.1) is 13.8 Å². The lowest BCUT2D eigenvalue weighted by atomic mass is 10.1. The molecule has 0 saturated carbocycles. The summed E-state index contributed by atoms with van der Waals surface area (Å²) in [6, 6.07) is 28.0. The van der Waals surface area contributed by atoms with Gasteiger partial charge in [0.2, 0.25) is 0 Å². The number of hydrogen-bond donors (Lipinski definition) is 0. The van der Waals surface area contributed by atoms with Gasteiger partial charge in [-0.05, 0) is 225 Å². The standard InChI is InChI=1S/2C12H16N2O.C11H15N3O.C11H14N2.C10H13N3.C8H14N2.C6H12N4/c1-12(2,3)14-11-6-5-10(15-4)7-9(11)8-13-14;1-12(2,3)14-11-7-10(15-4)6-5-9(11)8-13-14;1-11(2,3)14-12-9-6-5-8(15-4)7-10(9)13-14;1-11(2,3)13-10-7-5-4-6-9(10)8-12-13;1-10(2,3)13-7-8-4-5-11-6-9(8)12-13;1-7-5-9-10(6-7)8(2,3)4;1-5-7-9-10(8-5)6(2,3)4/h2*5-8H,1-4H3;5-7H,1-4H3;4-8H,1-3H3;4-7H,1-3H3;5-6H,1-4H3;1-4H3. The fourth-order valence-electron chi connectivity index (χ4n) is 8.72. The highest BCUT2D eigenvalue weighted by atomic mass is 16.5. The molecule has 8 aromatic heterocycles. The molecular formula is C70H100N18O3. The Hall–Kier alpha value is -9.01. The predicted octanol–water partition coefficient (Wildman–Crippen LogP) is 15.5. The van der Waals surface area contributed by atoms with Gasteiger partial charge in [-0.2, -0.15) is 45.3 Å². The van der Waals surface area contributed by atoms with Gasteiger partial charge in [-0.3, -0.25) is 28.4 Å². The van der Waals surface area contributed by atoms with Crippen LogP contribution in [0.5, 0.6) is 17.2 Å². The highest BCUT2D eigenvalue weighted by Gasteiger charge is 2.21. The Kier molecular flexibility index (Phi) is 22.2. The van der Waals surface area contributed by atoms with Crippen LogP contribution in [-0.2, 0) is 38.8 Å².